The maximum Gasteiger partial charge on any atom is 0.209 e. The Kier molecular flexibility index (Phi) is 6.52. The van der Waals surface area contributed by atoms with Gasteiger partial charge in [-0.05, 0) is 43.3 Å². The average Bonchev–Trinajstić information content (AvgIpc) is 3.29. The summed E-state index contributed by atoms with van der Waals surface area (Å²) in [7, 11) is 0. The van der Waals surface area contributed by atoms with Crippen molar-refractivity contribution in [3.8, 4) is 5.75 Å². The van der Waals surface area contributed by atoms with Crippen molar-refractivity contribution in [2.24, 2.45) is 0 Å². The highest BCUT2D eigenvalue weighted by atomic mass is 32.2. The van der Waals surface area contributed by atoms with E-state index in [9.17, 15) is 4.79 Å². The zero-order chi connectivity index (χ0) is 19.2. The highest BCUT2D eigenvalue weighted by Gasteiger charge is 2.12. The summed E-state index contributed by atoms with van der Waals surface area (Å²) in [6.07, 6.45) is 1.29. The minimum Gasteiger partial charge on any atom is -0.485 e. The lowest BCUT2D eigenvalue weighted by molar-refractivity contribution is 0.0986. The Labute approximate surface area is 166 Å². The van der Waals surface area contributed by atoms with Crippen molar-refractivity contribution in [1.82, 2.24) is 14.9 Å². The topological polar surface area (TPSA) is 83.0 Å². The second-order valence-corrected chi connectivity index (χ2v) is 8.19. The highest BCUT2D eigenvalue weighted by Crippen LogP contribution is 2.21. The molecule has 1 aromatic carbocycles. The number of nitrogen functional groups attached to an aromatic ring is 1. The first-order valence-electron chi connectivity index (χ1n) is 8.63. The third-order valence-electron chi connectivity index (χ3n) is 4.00. The predicted molar refractivity (Wildman–Crippen MR) is 109 cm³/mol. The molecule has 0 unspecified atom stereocenters. The van der Waals surface area contributed by atoms with E-state index >= 15 is 0 Å². The van der Waals surface area contributed by atoms with E-state index in [-0.39, 0.29) is 12.4 Å². The van der Waals surface area contributed by atoms with Crippen LogP contribution in [0.4, 0.5) is 0 Å². The molecule has 0 spiro atoms. The molecule has 0 aliphatic carbocycles. The number of aromatic nitrogens is 3. The molecule has 3 rings (SSSR count). The van der Waals surface area contributed by atoms with E-state index in [1.54, 1.807) is 0 Å². The molecule has 27 heavy (non-hydrogen) atoms. The van der Waals surface area contributed by atoms with Gasteiger partial charge in [-0.25, -0.2) is 4.68 Å². The number of carbonyl (C=O) groups excluding carboxylic acids is 1. The summed E-state index contributed by atoms with van der Waals surface area (Å²) in [5.41, 5.74) is 2.26. The van der Waals surface area contributed by atoms with E-state index in [1.165, 1.54) is 33.3 Å². The van der Waals surface area contributed by atoms with Crippen molar-refractivity contribution in [3.05, 3.63) is 57.5 Å². The number of Topliss-reactive ketones (excluding diaryl/α,β-unsaturated/α-hetero) is 1. The summed E-state index contributed by atoms with van der Waals surface area (Å²) in [4.78, 5) is 12.8. The zero-order valence-corrected chi connectivity index (χ0v) is 17.0. The van der Waals surface area contributed by atoms with E-state index < -0.39 is 0 Å². The number of aryl methyl sites for hydroxylation is 2. The average molecular weight is 403 g/mol. The maximum atomic E-state index is 12.0. The van der Waals surface area contributed by atoms with Crippen molar-refractivity contribution >= 4 is 28.9 Å². The van der Waals surface area contributed by atoms with Crippen LogP contribution in [0.3, 0.4) is 0 Å². The van der Waals surface area contributed by atoms with E-state index in [0.29, 0.717) is 17.4 Å². The van der Waals surface area contributed by atoms with Crippen LogP contribution in [0.5, 0.6) is 5.75 Å². The van der Waals surface area contributed by atoms with Crippen molar-refractivity contribution in [1.29, 1.82) is 0 Å². The second-order valence-electron chi connectivity index (χ2n) is 6.18. The number of nitrogens with two attached hydrogens (primary N) is 1. The Bertz CT molecular complexity index is 907. The molecule has 0 fully saturated rings. The second kappa shape index (κ2) is 9.05. The molecule has 0 saturated carbocycles. The molecule has 2 N–H and O–H groups in total. The Hall–Kier alpha value is -2.32. The first-order chi connectivity index (χ1) is 13.0. The van der Waals surface area contributed by atoms with Gasteiger partial charge in [0, 0.05) is 12.2 Å². The molecular weight excluding hydrogens is 380 g/mol. The molecule has 3 aromatic rings. The first kappa shape index (κ1) is 19.4. The van der Waals surface area contributed by atoms with Gasteiger partial charge in [0.2, 0.25) is 5.16 Å². The van der Waals surface area contributed by atoms with Crippen molar-refractivity contribution in [3.63, 3.8) is 0 Å². The summed E-state index contributed by atoms with van der Waals surface area (Å²) in [6, 6.07) is 9.78. The van der Waals surface area contributed by atoms with Crippen LogP contribution in [0.1, 0.15) is 39.5 Å². The van der Waals surface area contributed by atoms with Crippen LogP contribution in [0.2, 0.25) is 0 Å². The fourth-order valence-electron chi connectivity index (χ4n) is 2.56. The smallest absolute Gasteiger partial charge is 0.209 e. The van der Waals surface area contributed by atoms with E-state index in [4.69, 9.17) is 10.6 Å². The number of ketones is 1. The van der Waals surface area contributed by atoms with Gasteiger partial charge in [0.05, 0.1) is 4.88 Å². The monoisotopic (exact) mass is 402 g/mol. The number of benzene rings is 1. The molecule has 0 saturated heterocycles. The Balaban J connectivity index is 1.47. The Morgan fingerprint density at radius 3 is 2.89 bits per heavy atom. The third kappa shape index (κ3) is 5.11. The van der Waals surface area contributed by atoms with Crippen LogP contribution < -0.4 is 10.6 Å². The minimum absolute atomic E-state index is 0.183. The number of hydrogen-bond acceptors (Lipinski definition) is 7. The number of thioether (sulfide) groups is 1. The molecular formula is C19H22N4O2S2. The molecule has 0 aliphatic heterocycles. The summed E-state index contributed by atoms with van der Waals surface area (Å²) < 4.78 is 7.27. The quantitative estimate of drug-likeness (QED) is 0.252. The van der Waals surface area contributed by atoms with Crippen molar-refractivity contribution < 1.29 is 9.53 Å². The Morgan fingerprint density at radius 2 is 2.15 bits per heavy atom. The molecule has 2 heterocycles. The standard InChI is InChI=1S/C19H22N4O2S2/c1-13-7-8-16(14(2)11-13)25-12-18-21-22-19(23(18)20)27-10-3-5-15(24)17-6-4-9-26-17/h4,6-9,11H,3,5,10,12,20H2,1-2H3. The number of ether oxygens (including phenoxy) is 1. The van der Waals surface area contributed by atoms with Gasteiger partial charge in [0.25, 0.3) is 0 Å². The van der Waals surface area contributed by atoms with Crippen molar-refractivity contribution in [2.45, 2.75) is 38.5 Å². The molecule has 8 heteroatoms. The first-order valence-corrected chi connectivity index (χ1v) is 10.5. The molecule has 0 bridgehead atoms. The number of thiophene rings is 1. The molecule has 0 atom stereocenters. The fraction of sp³-hybridized carbons (Fsp3) is 0.316. The SMILES string of the molecule is Cc1ccc(OCc2nnc(SCCCC(=O)c3cccs3)n2N)c(C)c1. The number of nitrogens with zero attached hydrogens (tertiary/aromatic N) is 3. The number of hydrogen-bond donors (Lipinski definition) is 1. The van der Waals surface area contributed by atoms with Crippen LogP contribution in [-0.2, 0) is 6.61 Å². The highest BCUT2D eigenvalue weighted by molar-refractivity contribution is 7.99. The summed E-state index contributed by atoms with van der Waals surface area (Å²) in [5, 5.41) is 10.8. The molecule has 0 radical (unpaired) electrons. The summed E-state index contributed by atoms with van der Waals surface area (Å²) in [5.74, 6) is 8.38. The van der Waals surface area contributed by atoms with E-state index in [0.717, 1.165) is 28.4 Å². The van der Waals surface area contributed by atoms with Crippen LogP contribution in [-0.4, -0.2) is 26.4 Å². The van der Waals surface area contributed by atoms with E-state index in [2.05, 4.69) is 16.3 Å². The van der Waals surface area contributed by atoms with Gasteiger partial charge in [-0.1, -0.05) is 35.5 Å². The van der Waals surface area contributed by atoms with Gasteiger partial charge in [0.1, 0.15) is 12.4 Å². The molecule has 0 amide bonds. The van der Waals surface area contributed by atoms with Gasteiger partial charge in [-0.2, -0.15) is 0 Å². The lowest BCUT2D eigenvalue weighted by Crippen LogP contribution is -2.16. The van der Waals surface area contributed by atoms with Gasteiger partial charge in [0.15, 0.2) is 11.6 Å². The predicted octanol–water partition coefficient (Wildman–Crippen LogP) is 4.00. The molecule has 0 aliphatic rings. The van der Waals surface area contributed by atoms with Gasteiger partial charge < -0.3 is 10.6 Å². The normalized spacial score (nSPS) is 10.9. The lowest BCUT2D eigenvalue weighted by atomic mass is 10.1. The maximum absolute atomic E-state index is 12.0. The number of rotatable bonds is 9. The molecule has 142 valence electrons. The minimum atomic E-state index is 0.183. The van der Waals surface area contributed by atoms with Crippen LogP contribution in [0, 0.1) is 13.8 Å². The van der Waals surface area contributed by atoms with Gasteiger partial charge in [-0.3, -0.25) is 4.79 Å². The van der Waals surface area contributed by atoms with Crippen LogP contribution >= 0.6 is 23.1 Å². The van der Waals surface area contributed by atoms with Crippen LogP contribution in [0.15, 0.2) is 40.9 Å². The van der Waals surface area contributed by atoms with Crippen LogP contribution in [0.25, 0.3) is 0 Å². The Morgan fingerprint density at radius 1 is 1.30 bits per heavy atom. The fourth-order valence-corrected chi connectivity index (χ4v) is 4.07. The van der Waals surface area contributed by atoms with E-state index in [1.807, 2.05) is 43.5 Å². The zero-order valence-electron chi connectivity index (χ0n) is 15.3. The molecule has 6 nitrogen and oxygen atoms in total. The van der Waals surface area contributed by atoms with Gasteiger partial charge >= 0.3 is 0 Å². The molecule has 2 aromatic heterocycles. The van der Waals surface area contributed by atoms with Crippen molar-refractivity contribution in [2.75, 3.05) is 11.6 Å². The lowest BCUT2D eigenvalue weighted by Gasteiger charge is -2.09. The number of carbonyl (C=O) groups is 1. The summed E-state index contributed by atoms with van der Waals surface area (Å²) in [6.45, 7) is 4.31. The van der Waals surface area contributed by atoms with Gasteiger partial charge in [-0.15, -0.1) is 21.5 Å². The largest absolute Gasteiger partial charge is 0.485 e. The summed E-state index contributed by atoms with van der Waals surface area (Å²) >= 11 is 2.97. The third-order valence-corrected chi connectivity index (χ3v) is 5.94.